The molecule has 0 amide bonds. The fourth-order valence-electron chi connectivity index (χ4n) is 4.68. The molecule has 0 radical (unpaired) electrons. The number of oxazole rings is 1. The molecule has 0 aliphatic carbocycles. The molecule has 164 valence electrons. The largest absolute Gasteiger partial charge is 0.436 e. The smallest absolute Gasteiger partial charge is 0.227 e. The zero-order valence-corrected chi connectivity index (χ0v) is 18.7. The summed E-state index contributed by atoms with van der Waals surface area (Å²) in [6.45, 7) is 0. The van der Waals surface area contributed by atoms with Gasteiger partial charge in [-0.05, 0) is 42.5 Å². The first-order chi connectivity index (χ1) is 17.3. The van der Waals surface area contributed by atoms with Crippen LogP contribution in [0.2, 0.25) is 0 Å². The van der Waals surface area contributed by atoms with Gasteiger partial charge in [-0.3, -0.25) is 4.98 Å². The van der Waals surface area contributed by atoms with Crippen molar-refractivity contribution in [2.75, 3.05) is 0 Å². The minimum atomic E-state index is 0.621. The summed E-state index contributed by atoms with van der Waals surface area (Å²) in [5.74, 6) is 0.621. The lowest BCUT2D eigenvalue weighted by Crippen LogP contribution is -1.91. The highest BCUT2D eigenvalue weighted by atomic mass is 16.3. The van der Waals surface area contributed by atoms with Gasteiger partial charge in [-0.15, -0.1) is 0 Å². The molecule has 0 atom stereocenters. The molecule has 0 aliphatic heterocycles. The van der Waals surface area contributed by atoms with Crippen LogP contribution in [0.5, 0.6) is 0 Å². The second-order valence-electron chi connectivity index (χ2n) is 8.49. The Labute approximate surface area is 201 Å². The number of para-hydroxylation sites is 1. The van der Waals surface area contributed by atoms with Gasteiger partial charge in [0.2, 0.25) is 5.89 Å². The number of fused-ring (bicyclic) bond motifs is 5. The van der Waals surface area contributed by atoms with Gasteiger partial charge in [-0.25, -0.2) is 9.97 Å². The standard InChI is InChI=1S/C31H19N3O/c1-2-8-22(9-3-1)31-34-30-27(35-31)18-17-24-28(30)23-10-4-5-12-26(23)33-29(24)21-15-13-20(14-16-21)25-11-6-7-19-32-25/h1-19H. The molecule has 0 spiro atoms. The molecule has 0 aliphatic rings. The van der Waals surface area contributed by atoms with Crippen molar-refractivity contribution in [3.63, 3.8) is 0 Å². The fourth-order valence-corrected chi connectivity index (χ4v) is 4.68. The summed E-state index contributed by atoms with van der Waals surface area (Å²) in [7, 11) is 0. The van der Waals surface area contributed by atoms with Gasteiger partial charge in [-0.1, -0.05) is 66.7 Å². The number of aromatic nitrogens is 3. The van der Waals surface area contributed by atoms with Crippen LogP contribution in [0.25, 0.3) is 66.7 Å². The highest BCUT2D eigenvalue weighted by Gasteiger charge is 2.17. The van der Waals surface area contributed by atoms with E-state index in [9.17, 15) is 0 Å². The zero-order chi connectivity index (χ0) is 23.2. The molecular weight excluding hydrogens is 430 g/mol. The number of nitrogens with zero attached hydrogens (tertiary/aromatic N) is 3. The Morgan fingerprint density at radius 1 is 0.543 bits per heavy atom. The summed E-state index contributed by atoms with van der Waals surface area (Å²) < 4.78 is 6.18. The van der Waals surface area contributed by atoms with Crippen molar-refractivity contribution in [3.8, 4) is 34.0 Å². The summed E-state index contributed by atoms with van der Waals surface area (Å²) >= 11 is 0. The second kappa shape index (κ2) is 7.89. The Kier molecular flexibility index (Phi) is 4.42. The summed E-state index contributed by atoms with van der Waals surface area (Å²) in [6.07, 6.45) is 1.81. The molecule has 7 rings (SSSR count). The van der Waals surface area contributed by atoms with E-state index < -0.39 is 0 Å². The molecule has 4 nitrogen and oxygen atoms in total. The van der Waals surface area contributed by atoms with E-state index in [1.807, 2.05) is 72.9 Å². The first kappa shape index (κ1) is 19.6. The van der Waals surface area contributed by atoms with E-state index in [0.717, 1.165) is 60.9 Å². The van der Waals surface area contributed by atoms with E-state index in [2.05, 4.69) is 47.4 Å². The average molecular weight is 450 g/mol. The third-order valence-corrected chi connectivity index (χ3v) is 6.36. The van der Waals surface area contributed by atoms with E-state index in [1.54, 1.807) is 0 Å². The summed E-state index contributed by atoms with van der Waals surface area (Å²) in [5.41, 5.74) is 7.51. The Morgan fingerprint density at radius 2 is 1.31 bits per heavy atom. The lowest BCUT2D eigenvalue weighted by molar-refractivity contribution is 0.620. The molecule has 0 bridgehead atoms. The van der Waals surface area contributed by atoms with Crippen molar-refractivity contribution >= 4 is 32.8 Å². The predicted octanol–water partition coefficient (Wildman–Crippen LogP) is 7.93. The maximum Gasteiger partial charge on any atom is 0.227 e. The van der Waals surface area contributed by atoms with Crippen LogP contribution in [0, 0.1) is 0 Å². The van der Waals surface area contributed by atoms with Gasteiger partial charge in [0, 0.05) is 39.0 Å². The van der Waals surface area contributed by atoms with Crippen molar-refractivity contribution in [2.24, 2.45) is 0 Å². The summed E-state index contributed by atoms with van der Waals surface area (Å²) in [4.78, 5) is 14.5. The maximum absolute atomic E-state index is 6.18. The Hall–Kier alpha value is -4.83. The molecule has 7 aromatic rings. The molecular formula is C31H19N3O. The van der Waals surface area contributed by atoms with Crippen molar-refractivity contribution in [1.82, 2.24) is 15.0 Å². The maximum atomic E-state index is 6.18. The van der Waals surface area contributed by atoms with Gasteiger partial charge >= 0.3 is 0 Å². The molecule has 0 saturated heterocycles. The van der Waals surface area contributed by atoms with Gasteiger partial charge in [-0.2, -0.15) is 0 Å². The third-order valence-electron chi connectivity index (χ3n) is 6.36. The molecule has 0 saturated carbocycles. The number of pyridine rings is 2. The minimum Gasteiger partial charge on any atom is -0.436 e. The van der Waals surface area contributed by atoms with Crippen LogP contribution in [0.15, 0.2) is 120 Å². The first-order valence-corrected chi connectivity index (χ1v) is 11.5. The predicted molar refractivity (Wildman–Crippen MR) is 141 cm³/mol. The van der Waals surface area contributed by atoms with E-state index in [-0.39, 0.29) is 0 Å². The van der Waals surface area contributed by atoms with Crippen molar-refractivity contribution in [3.05, 3.63) is 115 Å². The van der Waals surface area contributed by atoms with Crippen LogP contribution >= 0.6 is 0 Å². The quantitative estimate of drug-likeness (QED) is 0.257. The molecule has 0 unspecified atom stereocenters. The molecule has 3 heterocycles. The normalized spacial score (nSPS) is 11.4. The van der Waals surface area contributed by atoms with Crippen molar-refractivity contribution < 1.29 is 4.42 Å². The zero-order valence-electron chi connectivity index (χ0n) is 18.7. The van der Waals surface area contributed by atoms with Crippen molar-refractivity contribution in [1.29, 1.82) is 0 Å². The number of rotatable bonds is 3. The Morgan fingerprint density at radius 3 is 2.14 bits per heavy atom. The number of hydrogen-bond acceptors (Lipinski definition) is 4. The monoisotopic (exact) mass is 449 g/mol. The number of benzene rings is 4. The first-order valence-electron chi connectivity index (χ1n) is 11.5. The van der Waals surface area contributed by atoms with Gasteiger partial charge in [0.05, 0.1) is 16.9 Å². The van der Waals surface area contributed by atoms with Crippen LogP contribution in [0.3, 0.4) is 0 Å². The lowest BCUT2D eigenvalue weighted by Gasteiger charge is -2.11. The van der Waals surface area contributed by atoms with Gasteiger partial charge in [0.15, 0.2) is 5.58 Å². The van der Waals surface area contributed by atoms with E-state index in [1.165, 1.54) is 0 Å². The van der Waals surface area contributed by atoms with E-state index >= 15 is 0 Å². The molecule has 0 N–H and O–H groups in total. The molecule has 3 aromatic heterocycles. The Balaban J connectivity index is 1.48. The van der Waals surface area contributed by atoms with Crippen LogP contribution in [-0.2, 0) is 0 Å². The highest BCUT2D eigenvalue weighted by molar-refractivity contribution is 6.20. The third kappa shape index (κ3) is 3.27. The van der Waals surface area contributed by atoms with Gasteiger partial charge < -0.3 is 4.42 Å². The molecule has 35 heavy (non-hydrogen) atoms. The van der Waals surface area contributed by atoms with E-state index in [0.29, 0.717) is 5.89 Å². The van der Waals surface area contributed by atoms with E-state index in [4.69, 9.17) is 14.4 Å². The van der Waals surface area contributed by atoms with Gasteiger partial charge in [0.1, 0.15) is 5.52 Å². The molecule has 0 fully saturated rings. The summed E-state index contributed by atoms with van der Waals surface area (Å²) in [5, 5.41) is 3.17. The SMILES string of the molecule is c1ccc(-c2nc3c(ccc4c(-c5ccc(-c6ccccn6)cc5)nc5ccccc5c43)o2)cc1. The second-order valence-corrected chi connectivity index (χ2v) is 8.49. The highest BCUT2D eigenvalue weighted by Crippen LogP contribution is 2.38. The van der Waals surface area contributed by atoms with Crippen molar-refractivity contribution in [2.45, 2.75) is 0 Å². The minimum absolute atomic E-state index is 0.621. The molecule has 4 heteroatoms. The fraction of sp³-hybridized carbons (Fsp3) is 0. The van der Waals surface area contributed by atoms with Crippen LogP contribution in [0.1, 0.15) is 0 Å². The lowest BCUT2D eigenvalue weighted by atomic mass is 9.98. The average Bonchev–Trinajstić information content (AvgIpc) is 3.38. The van der Waals surface area contributed by atoms with Crippen LogP contribution < -0.4 is 0 Å². The van der Waals surface area contributed by atoms with Crippen LogP contribution in [-0.4, -0.2) is 15.0 Å². The molecule has 4 aromatic carbocycles. The summed E-state index contributed by atoms with van der Waals surface area (Å²) in [6, 6.07) is 36.7. The van der Waals surface area contributed by atoms with Crippen LogP contribution in [0.4, 0.5) is 0 Å². The van der Waals surface area contributed by atoms with Gasteiger partial charge in [0.25, 0.3) is 0 Å². The Bertz CT molecular complexity index is 1820. The topological polar surface area (TPSA) is 51.8 Å². The number of hydrogen-bond donors (Lipinski definition) is 0.